The van der Waals surface area contributed by atoms with Crippen LogP contribution in [0.15, 0.2) is 102 Å². The summed E-state index contributed by atoms with van der Waals surface area (Å²) in [6, 6.07) is 29.8. The Morgan fingerprint density at radius 2 is 1.76 bits per heavy atom. The van der Waals surface area contributed by atoms with Gasteiger partial charge in [-0.2, -0.15) is 0 Å². The van der Waals surface area contributed by atoms with Gasteiger partial charge in [0.1, 0.15) is 11.5 Å². The zero-order chi connectivity index (χ0) is 31.6. The van der Waals surface area contributed by atoms with Gasteiger partial charge in [0.15, 0.2) is 11.6 Å². The fourth-order valence-electron chi connectivity index (χ4n) is 5.24. The molecule has 1 aliphatic rings. The molecule has 0 fully saturated rings. The molecule has 3 N–H and O–H groups in total. The van der Waals surface area contributed by atoms with Gasteiger partial charge in [-0.25, -0.2) is 10.4 Å². The Morgan fingerprint density at radius 3 is 2.49 bits per heavy atom. The third-order valence-electron chi connectivity index (χ3n) is 7.51. The molecule has 2 atom stereocenters. The topological polar surface area (TPSA) is 101 Å². The van der Waals surface area contributed by atoms with E-state index in [0.717, 1.165) is 16.9 Å². The van der Waals surface area contributed by atoms with Crippen LogP contribution in [-0.4, -0.2) is 49.3 Å². The molecule has 4 aromatic carbocycles. The van der Waals surface area contributed by atoms with Crippen LogP contribution in [-0.2, 0) is 22.4 Å². The molecule has 0 aliphatic carbocycles. The highest BCUT2D eigenvalue weighted by atomic mass is 35.5. The number of amides is 1. The maximum Gasteiger partial charge on any atom is 0.266 e. The quantitative estimate of drug-likeness (QED) is 0.112. The molecule has 0 aromatic heterocycles. The van der Waals surface area contributed by atoms with Gasteiger partial charge >= 0.3 is 0 Å². The molecule has 5 rings (SSSR count). The first-order valence-electron chi connectivity index (χ1n) is 14.7. The summed E-state index contributed by atoms with van der Waals surface area (Å²) in [6.45, 7) is 0.905. The highest BCUT2D eigenvalue weighted by Gasteiger charge is 2.54. The van der Waals surface area contributed by atoms with E-state index < -0.39 is 11.6 Å². The van der Waals surface area contributed by atoms with E-state index in [1.54, 1.807) is 37.4 Å². The number of aliphatic hydroxyl groups is 1. The summed E-state index contributed by atoms with van der Waals surface area (Å²) in [4.78, 5) is 19.4. The average molecular weight is 649 g/mol. The predicted molar refractivity (Wildman–Crippen MR) is 176 cm³/mol. The van der Waals surface area contributed by atoms with Crippen LogP contribution in [0.25, 0.3) is 0 Å². The zero-order valence-corrected chi connectivity index (χ0v) is 26.4. The van der Waals surface area contributed by atoms with Crippen molar-refractivity contribution < 1.29 is 24.1 Å². The number of hydrazine groups is 1. The van der Waals surface area contributed by atoms with Gasteiger partial charge in [0, 0.05) is 47.2 Å². The lowest BCUT2D eigenvalue weighted by atomic mass is 9.82. The van der Waals surface area contributed by atoms with Crippen molar-refractivity contribution in [3.05, 3.63) is 129 Å². The number of carbonyl (C=O) groups is 1. The van der Waals surface area contributed by atoms with Gasteiger partial charge in [0.05, 0.1) is 13.7 Å². The second-order valence-electron chi connectivity index (χ2n) is 10.6. The molecule has 10 heteroatoms. The van der Waals surface area contributed by atoms with Crippen molar-refractivity contribution in [2.24, 2.45) is 4.99 Å². The molecule has 0 saturated carbocycles. The first kappa shape index (κ1) is 32.3. The highest BCUT2D eigenvalue weighted by Crippen LogP contribution is 2.45. The molecule has 234 valence electrons. The lowest BCUT2D eigenvalue weighted by Gasteiger charge is -2.31. The van der Waals surface area contributed by atoms with Crippen molar-refractivity contribution in [2.75, 3.05) is 26.9 Å². The van der Waals surface area contributed by atoms with Crippen LogP contribution in [0, 0.1) is 0 Å². The maximum absolute atomic E-state index is 14.4. The second-order valence-corrected chi connectivity index (χ2v) is 11.4. The Hall–Kier alpha value is -4.08. The van der Waals surface area contributed by atoms with Crippen molar-refractivity contribution in [3.8, 4) is 11.5 Å². The van der Waals surface area contributed by atoms with Gasteiger partial charge in [-0.3, -0.25) is 10.2 Å². The Labute approximate surface area is 272 Å². The number of aliphatic imine (C=N–C) groups is 1. The minimum absolute atomic E-state index is 0.0538. The summed E-state index contributed by atoms with van der Waals surface area (Å²) in [5, 5.41) is 9.89. The van der Waals surface area contributed by atoms with Crippen molar-refractivity contribution >= 4 is 35.0 Å². The van der Waals surface area contributed by atoms with E-state index in [1.807, 2.05) is 66.7 Å². The van der Waals surface area contributed by atoms with Crippen LogP contribution < -0.4 is 20.3 Å². The number of hydrogen-bond acceptors (Lipinski definition) is 7. The second kappa shape index (κ2) is 15.3. The van der Waals surface area contributed by atoms with Crippen molar-refractivity contribution in [2.45, 2.75) is 30.9 Å². The van der Waals surface area contributed by atoms with E-state index in [2.05, 4.69) is 10.9 Å². The molecule has 1 aliphatic heterocycles. The Morgan fingerprint density at radius 1 is 1.00 bits per heavy atom. The minimum atomic E-state index is -1.43. The van der Waals surface area contributed by atoms with E-state index in [0.29, 0.717) is 58.8 Å². The molecule has 4 aromatic rings. The molecule has 1 amide bonds. The summed E-state index contributed by atoms with van der Waals surface area (Å²) < 4.78 is 17.7. The normalized spacial score (nSPS) is 17.3. The predicted octanol–water partition coefficient (Wildman–Crippen LogP) is 6.13. The molecule has 0 unspecified atom stereocenters. The highest BCUT2D eigenvalue weighted by molar-refractivity contribution is 6.35. The number of rotatable bonds is 14. The number of halogens is 2. The number of hydrogen-bond donors (Lipinski definition) is 3. The monoisotopic (exact) mass is 647 g/mol. The number of ether oxygens (including phenoxy) is 3. The largest absolute Gasteiger partial charge is 0.496 e. The molecule has 8 nitrogen and oxygen atoms in total. The number of carbonyl (C=O) groups excluding carboxylic acids is 1. The lowest BCUT2D eigenvalue weighted by molar-refractivity contribution is -0.130. The minimum Gasteiger partial charge on any atom is -0.496 e. The summed E-state index contributed by atoms with van der Waals surface area (Å²) in [7, 11) is 1.64. The van der Waals surface area contributed by atoms with E-state index >= 15 is 0 Å². The number of nitrogens with one attached hydrogen (secondary N) is 2. The molecule has 45 heavy (non-hydrogen) atoms. The van der Waals surface area contributed by atoms with Crippen LogP contribution in [0.3, 0.4) is 0 Å². The Bertz CT molecular complexity index is 1620. The molecule has 0 radical (unpaired) electrons. The van der Waals surface area contributed by atoms with Crippen LogP contribution in [0.4, 0.5) is 0 Å². The van der Waals surface area contributed by atoms with Gasteiger partial charge < -0.3 is 19.3 Å². The zero-order valence-electron chi connectivity index (χ0n) is 24.8. The molecular weight excluding hydrogens is 613 g/mol. The van der Waals surface area contributed by atoms with Gasteiger partial charge in [-0.1, -0.05) is 77.8 Å². The number of benzene rings is 4. The summed E-state index contributed by atoms with van der Waals surface area (Å²) in [5.41, 5.74) is 7.74. The number of nitrogens with zero attached hydrogens (tertiary/aromatic N) is 1. The summed E-state index contributed by atoms with van der Waals surface area (Å²) in [5.74, 6) is 1.36. The van der Waals surface area contributed by atoms with Gasteiger partial charge in [-0.05, 0) is 60.0 Å². The van der Waals surface area contributed by atoms with Gasteiger partial charge in [0.2, 0.25) is 5.90 Å². The van der Waals surface area contributed by atoms with E-state index in [9.17, 15) is 4.79 Å². The van der Waals surface area contributed by atoms with Crippen LogP contribution in [0.1, 0.15) is 34.8 Å². The first-order chi connectivity index (χ1) is 21.9. The van der Waals surface area contributed by atoms with Crippen LogP contribution in [0.2, 0.25) is 10.0 Å². The van der Waals surface area contributed by atoms with E-state index in [4.69, 9.17) is 47.5 Å². The third-order valence-corrected chi connectivity index (χ3v) is 8.07. The number of para-hydroxylation sites is 1. The third kappa shape index (κ3) is 7.78. The Balaban J connectivity index is 1.48. The maximum atomic E-state index is 14.4. The SMILES string of the molecule is COc1ccccc1CCNNC(=O)[C@@]1(Cc2ccccc2)N=C(c2ccc(OCCCO)cc2)O[C@H]1c1ccc(Cl)cc1Cl. The molecule has 0 bridgehead atoms. The van der Waals surface area contributed by atoms with Crippen molar-refractivity contribution in [1.82, 2.24) is 10.9 Å². The standard InChI is InChI=1S/C35H35Cl2N3O5/c1-43-31-11-6-5-10-25(31)18-19-38-40-34(42)35(23-24-8-3-2-4-9-24)32(29-17-14-27(36)22-30(29)37)45-33(39-35)26-12-15-28(16-13-26)44-21-7-20-41/h2-6,8-17,22,32,38,41H,7,18-21,23H2,1H3,(H,40,42)/t32-,35-/m0/s1. The molecular formula is C35H35Cl2N3O5. The molecule has 0 spiro atoms. The number of aliphatic hydroxyl groups excluding tert-OH is 1. The summed E-state index contributed by atoms with van der Waals surface area (Å²) >= 11 is 13.0. The molecule has 0 saturated heterocycles. The fourth-order valence-corrected chi connectivity index (χ4v) is 5.75. The van der Waals surface area contributed by atoms with E-state index in [1.165, 1.54) is 0 Å². The number of methoxy groups -OCH3 is 1. The van der Waals surface area contributed by atoms with Crippen molar-refractivity contribution in [1.29, 1.82) is 0 Å². The smallest absolute Gasteiger partial charge is 0.266 e. The van der Waals surface area contributed by atoms with Crippen LogP contribution in [0.5, 0.6) is 11.5 Å². The van der Waals surface area contributed by atoms with Gasteiger partial charge in [0.25, 0.3) is 5.91 Å². The van der Waals surface area contributed by atoms with Crippen molar-refractivity contribution in [3.63, 3.8) is 0 Å². The average Bonchev–Trinajstić information content (AvgIpc) is 3.44. The Kier molecular flexibility index (Phi) is 11.0. The van der Waals surface area contributed by atoms with Gasteiger partial charge in [-0.15, -0.1) is 0 Å². The lowest BCUT2D eigenvalue weighted by Crippen LogP contribution is -2.54. The van der Waals surface area contributed by atoms with Crippen LogP contribution >= 0.6 is 23.2 Å². The fraction of sp³-hybridized carbons (Fsp3) is 0.257. The molecule has 1 heterocycles. The van der Waals surface area contributed by atoms with E-state index in [-0.39, 0.29) is 18.9 Å². The first-order valence-corrected chi connectivity index (χ1v) is 15.4. The summed E-state index contributed by atoms with van der Waals surface area (Å²) in [6.07, 6.45) is 0.531.